The minimum absolute atomic E-state index is 0.00379. The summed E-state index contributed by atoms with van der Waals surface area (Å²) >= 11 is 0. The van der Waals surface area contributed by atoms with E-state index in [-0.39, 0.29) is 6.03 Å². The molecule has 28 heavy (non-hydrogen) atoms. The number of carbonyl (C=O) groups is 1. The summed E-state index contributed by atoms with van der Waals surface area (Å²) in [6, 6.07) is 25.7. The number of rotatable bonds is 1. The average molecular weight is 371 g/mol. The summed E-state index contributed by atoms with van der Waals surface area (Å²) in [5, 5.41) is 0. The van der Waals surface area contributed by atoms with Gasteiger partial charge < -0.3 is 14.5 Å². The number of fused-ring (bicyclic) bond motifs is 2. The van der Waals surface area contributed by atoms with Crippen LogP contribution < -0.4 is 14.5 Å². The Balaban J connectivity index is 1.40. The Morgan fingerprint density at radius 2 is 1.21 bits per heavy atom. The molecule has 2 aliphatic rings. The maximum absolute atomic E-state index is 13.5. The van der Waals surface area contributed by atoms with Gasteiger partial charge in [0, 0.05) is 31.9 Å². The number of benzene rings is 3. The Kier molecular flexibility index (Phi) is 4.13. The molecule has 1 saturated heterocycles. The van der Waals surface area contributed by atoms with Crippen molar-refractivity contribution in [1.82, 2.24) is 4.90 Å². The molecule has 0 aromatic heterocycles. The molecule has 0 saturated carbocycles. The lowest BCUT2D eigenvalue weighted by molar-refractivity contribution is 0.203. The first-order valence-electron chi connectivity index (χ1n) is 9.56. The molecule has 5 rings (SSSR count). The molecule has 0 radical (unpaired) electrons. The first-order chi connectivity index (χ1) is 13.8. The van der Waals surface area contributed by atoms with E-state index in [1.807, 2.05) is 59.5 Å². The second-order valence-corrected chi connectivity index (χ2v) is 6.97. The lowest BCUT2D eigenvalue weighted by atomic mass is 10.1. The van der Waals surface area contributed by atoms with Gasteiger partial charge in [0.15, 0.2) is 11.5 Å². The number of urea groups is 1. The second kappa shape index (κ2) is 6.93. The normalized spacial score (nSPS) is 15.5. The quantitative estimate of drug-likeness (QED) is 0.612. The summed E-state index contributed by atoms with van der Waals surface area (Å²) in [5.41, 5.74) is 2.78. The molecular weight excluding hydrogens is 350 g/mol. The van der Waals surface area contributed by atoms with E-state index in [9.17, 15) is 4.79 Å². The second-order valence-electron chi connectivity index (χ2n) is 6.97. The van der Waals surface area contributed by atoms with Gasteiger partial charge in [0.1, 0.15) is 0 Å². The molecule has 3 aromatic carbocycles. The molecule has 140 valence electrons. The smallest absolute Gasteiger partial charge is 0.329 e. The zero-order valence-electron chi connectivity index (χ0n) is 15.5. The Bertz CT molecular complexity index is 952. The van der Waals surface area contributed by atoms with Gasteiger partial charge in [-0.05, 0) is 36.4 Å². The van der Waals surface area contributed by atoms with Crippen LogP contribution in [0.15, 0.2) is 78.9 Å². The predicted molar refractivity (Wildman–Crippen MR) is 111 cm³/mol. The number of nitrogens with zero attached hydrogens (tertiary/aromatic N) is 3. The molecule has 0 N–H and O–H groups in total. The Hall–Kier alpha value is -3.47. The van der Waals surface area contributed by atoms with Crippen molar-refractivity contribution in [2.75, 3.05) is 36.0 Å². The molecule has 5 nitrogen and oxygen atoms in total. The topological polar surface area (TPSA) is 36.0 Å². The first kappa shape index (κ1) is 16.7. The third-order valence-electron chi connectivity index (χ3n) is 5.30. The maximum Gasteiger partial charge on any atom is 0.329 e. The fourth-order valence-electron chi connectivity index (χ4n) is 3.85. The van der Waals surface area contributed by atoms with E-state index >= 15 is 0 Å². The Labute approximate surface area is 164 Å². The SMILES string of the molecule is O=C(N1CCN(c2ccccc2)CC1)N1c2ccccc2Oc2ccccc21. The summed E-state index contributed by atoms with van der Waals surface area (Å²) in [6.07, 6.45) is 0. The minimum Gasteiger partial charge on any atom is -0.453 e. The fourth-order valence-corrected chi connectivity index (χ4v) is 3.85. The van der Waals surface area contributed by atoms with Gasteiger partial charge >= 0.3 is 6.03 Å². The molecule has 0 unspecified atom stereocenters. The fraction of sp³-hybridized carbons (Fsp3) is 0.174. The monoisotopic (exact) mass is 371 g/mol. The summed E-state index contributed by atoms with van der Waals surface area (Å²) in [7, 11) is 0. The molecule has 1 fully saturated rings. The molecule has 3 aromatic rings. The van der Waals surface area contributed by atoms with Crippen LogP contribution >= 0.6 is 0 Å². The van der Waals surface area contributed by atoms with Crippen LogP contribution in [0.2, 0.25) is 0 Å². The summed E-state index contributed by atoms with van der Waals surface area (Å²) in [5.74, 6) is 1.41. The van der Waals surface area contributed by atoms with E-state index in [1.54, 1.807) is 4.90 Å². The Morgan fingerprint density at radius 3 is 1.82 bits per heavy atom. The largest absolute Gasteiger partial charge is 0.453 e. The number of amides is 2. The number of ether oxygens (including phenoxy) is 1. The van der Waals surface area contributed by atoms with Crippen LogP contribution in [0, 0.1) is 0 Å². The standard InChI is InChI=1S/C23H21N3O2/c27-23(25-16-14-24(15-17-25)18-8-2-1-3-9-18)26-19-10-4-6-12-21(19)28-22-13-7-5-11-20(22)26/h1-13H,14-17H2. The van der Waals surface area contributed by atoms with Gasteiger partial charge in [-0.2, -0.15) is 0 Å². The highest BCUT2D eigenvalue weighted by atomic mass is 16.5. The third-order valence-corrected chi connectivity index (χ3v) is 5.30. The number of hydrogen-bond donors (Lipinski definition) is 0. The van der Waals surface area contributed by atoms with Gasteiger partial charge in [0.05, 0.1) is 11.4 Å². The summed E-state index contributed by atoms with van der Waals surface area (Å²) in [6.45, 7) is 3.03. The zero-order valence-corrected chi connectivity index (χ0v) is 15.5. The van der Waals surface area contributed by atoms with Gasteiger partial charge in [0.25, 0.3) is 0 Å². The van der Waals surface area contributed by atoms with Crippen LogP contribution in [-0.4, -0.2) is 37.1 Å². The lowest BCUT2D eigenvalue weighted by Gasteiger charge is -2.40. The molecule has 2 aliphatic heterocycles. The van der Waals surface area contributed by atoms with E-state index in [2.05, 4.69) is 29.2 Å². The van der Waals surface area contributed by atoms with Crippen molar-refractivity contribution in [3.63, 3.8) is 0 Å². The van der Waals surface area contributed by atoms with Crippen LogP contribution in [0.1, 0.15) is 0 Å². The molecular formula is C23H21N3O2. The summed E-state index contributed by atoms with van der Waals surface area (Å²) in [4.78, 5) is 19.5. The van der Waals surface area contributed by atoms with Crippen molar-refractivity contribution >= 4 is 23.1 Å². The molecule has 0 aliphatic carbocycles. The van der Waals surface area contributed by atoms with E-state index in [4.69, 9.17) is 4.74 Å². The van der Waals surface area contributed by atoms with Gasteiger partial charge in [0.2, 0.25) is 0 Å². The van der Waals surface area contributed by atoms with Gasteiger partial charge in [-0.15, -0.1) is 0 Å². The molecule has 2 amide bonds. The molecule has 2 heterocycles. The highest BCUT2D eigenvalue weighted by Crippen LogP contribution is 2.46. The lowest BCUT2D eigenvalue weighted by Crippen LogP contribution is -2.52. The van der Waals surface area contributed by atoms with E-state index in [0.29, 0.717) is 24.6 Å². The van der Waals surface area contributed by atoms with Crippen LogP contribution in [0.3, 0.4) is 0 Å². The van der Waals surface area contributed by atoms with E-state index in [1.165, 1.54) is 5.69 Å². The van der Waals surface area contributed by atoms with Crippen molar-refractivity contribution in [3.05, 3.63) is 78.9 Å². The third kappa shape index (κ3) is 2.85. The highest BCUT2D eigenvalue weighted by molar-refractivity contribution is 6.03. The minimum atomic E-state index is -0.00379. The van der Waals surface area contributed by atoms with Crippen LogP contribution in [0.5, 0.6) is 11.5 Å². The van der Waals surface area contributed by atoms with Crippen molar-refractivity contribution in [2.24, 2.45) is 0 Å². The number of carbonyl (C=O) groups excluding carboxylic acids is 1. The van der Waals surface area contributed by atoms with Crippen molar-refractivity contribution in [1.29, 1.82) is 0 Å². The van der Waals surface area contributed by atoms with Gasteiger partial charge in [-0.1, -0.05) is 42.5 Å². The zero-order chi connectivity index (χ0) is 18.9. The predicted octanol–water partition coefficient (Wildman–Crippen LogP) is 4.87. The number of anilines is 3. The van der Waals surface area contributed by atoms with Gasteiger partial charge in [-0.25, -0.2) is 4.79 Å². The van der Waals surface area contributed by atoms with E-state index in [0.717, 1.165) is 24.5 Å². The number of para-hydroxylation sites is 5. The van der Waals surface area contributed by atoms with Crippen LogP contribution in [0.25, 0.3) is 0 Å². The molecule has 0 atom stereocenters. The summed E-state index contributed by atoms with van der Waals surface area (Å²) < 4.78 is 6.00. The van der Waals surface area contributed by atoms with Crippen molar-refractivity contribution in [2.45, 2.75) is 0 Å². The Morgan fingerprint density at radius 1 is 0.679 bits per heavy atom. The van der Waals surface area contributed by atoms with Crippen molar-refractivity contribution < 1.29 is 9.53 Å². The van der Waals surface area contributed by atoms with Crippen LogP contribution in [-0.2, 0) is 0 Å². The highest BCUT2D eigenvalue weighted by Gasteiger charge is 2.33. The molecule has 0 spiro atoms. The average Bonchev–Trinajstić information content (AvgIpc) is 2.77. The molecule has 5 heteroatoms. The molecule has 0 bridgehead atoms. The number of piperazine rings is 1. The number of hydrogen-bond acceptors (Lipinski definition) is 3. The van der Waals surface area contributed by atoms with E-state index < -0.39 is 0 Å². The van der Waals surface area contributed by atoms with Crippen molar-refractivity contribution in [3.8, 4) is 11.5 Å². The first-order valence-corrected chi connectivity index (χ1v) is 9.56. The van der Waals surface area contributed by atoms with Crippen LogP contribution in [0.4, 0.5) is 21.9 Å². The van der Waals surface area contributed by atoms with Gasteiger partial charge in [-0.3, -0.25) is 4.90 Å². The maximum atomic E-state index is 13.5.